The van der Waals surface area contributed by atoms with Gasteiger partial charge >= 0.3 is 12.0 Å². The molecule has 1 heterocycles. The van der Waals surface area contributed by atoms with E-state index in [0.717, 1.165) is 25.5 Å². The van der Waals surface area contributed by atoms with E-state index in [2.05, 4.69) is 10.6 Å². The van der Waals surface area contributed by atoms with Gasteiger partial charge in [0.15, 0.2) is 0 Å². The lowest BCUT2D eigenvalue weighted by atomic mass is 10.0. The number of carbonyl (C=O) groups excluding carboxylic acids is 1. The zero-order valence-electron chi connectivity index (χ0n) is 11.5. The second kappa shape index (κ2) is 6.94. The van der Waals surface area contributed by atoms with Crippen molar-refractivity contribution in [1.82, 2.24) is 5.32 Å². The number of nitrogens with one attached hydrogen (secondary N) is 2. The van der Waals surface area contributed by atoms with Crippen LogP contribution in [0.15, 0.2) is 18.2 Å². The summed E-state index contributed by atoms with van der Waals surface area (Å²) in [4.78, 5) is 22.5. The number of carboxylic acid groups (broad SMARTS) is 1. The predicted octanol–water partition coefficient (Wildman–Crippen LogP) is 1.64. The minimum Gasteiger partial charge on any atom is -0.506 e. The summed E-state index contributed by atoms with van der Waals surface area (Å²) in [5.74, 6) is -1.13. The number of aromatic carboxylic acids is 1. The molecule has 7 nitrogen and oxygen atoms in total. The van der Waals surface area contributed by atoms with Crippen molar-refractivity contribution < 1.29 is 24.5 Å². The summed E-state index contributed by atoms with van der Waals surface area (Å²) in [7, 11) is 0. The monoisotopic (exact) mass is 294 g/mol. The number of urea groups is 1. The van der Waals surface area contributed by atoms with Gasteiger partial charge in [0.05, 0.1) is 17.9 Å². The van der Waals surface area contributed by atoms with Crippen molar-refractivity contribution in [2.24, 2.45) is 5.92 Å². The Morgan fingerprint density at radius 3 is 2.81 bits per heavy atom. The lowest BCUT2D eigenvalue weighted by molar-refractivity contribution is 0.0559. The number of hydrogen-bond donors (Lipinski definition) is 4. The Kier molecular flexibility index (Phi) is 4.99. The van der Waals surface area contributed by atoms with E-state index in [0.29, 0.717) is 19.1 Å². The van der Waals surface area contributed by atoms with Gasteiger partial charge in [-0.1, -0.05) is 0 Å². The van der Waals surface area contributed by atoms with Gasteiger partial charge in [0.25, 0.3) is 0 Å². The third-order valence-electron chi connectivity index (χ3n) is 3.30. The van der Waals surface area contributed by atoms with Crippen LogP contribution in [0.25, 0.3) is 0 Å². The van der Waals surface area contributed by atoms with Crippen molar-refractivity contribution in [2.75, 3.05) is 25.1 Å². The molecule has 0 spiro atoms. The Morgan fingerprint density at radius 1 is 1.38 bits per heavy atom. The summed E-state index contributed by atoms with van der Waals surface area (Å²) in [5.41, 5.74) is 0.121. The largest absolute Gasteiger partial charge is 0.506 e. The summed E-state index contributed by atoms with van der Waals surface area (Å²) in [6.07, 6.45) is 2.00. The van der Waals surface area contributed by atoms with Crippen LogP contribution in [-0.4, -0.2) is 42.0 Å². The predicted molar refractivity (Wildman–Crippen MR) is 75.6 cm³/mol. The van der Waals surface area contributed by atoms with Gasteiger partial charge in [-0.3, -0.25) is 0 Å². The molecule has 2 rings (SSSR count). The molecule has 114 valence electrons. The van der Waals surface area contributed by atoms with Gasteiger partial charge in [-0.15, -0.1) is 0 Å². The van der Waals surface area contributed by atoms with Crippen LogP contribution >= 0.6 is 0 Å². The molecule has 1 aliphatic rings. The van der Waals surface area contributed by atoms with Gasteiger partial charge in [-0.05, 0) is 37.0 Å². The Hall–Kier alpha value is -2.28. The second-order valence-electron chi connectivity index (χ2n) is 4.96. The van der Waals surface area contributed by atoms with Gasteiger partial charge in [0, 0.05) is 13.2 Å². The van der Waals surface area contributed by atoms with Crippen LogP contribution in [0.5, 0.6) is 5.75 Å². The lowest BCUT2D eigenvalue weighted by Gasteiger charge is -2.22. The summed E-state index contributed by atoms with van der Waals surface area (Å²) < 4.78 is 5.32. The van der Waals surface area contributed by atoms with E-state index in [1.807, 2.05) is 0 Å². The molecular formula is C14H18N2O5. The molecular weight excluding hydrogens is 276 g/mol. The fraction of sp³-hybridized carbons (Fsp3) is 0.429. The van der Waals surface area contributed by atoms with Crippen molar-refractivity contribution >= 4 is 17.7 Å². The van der Waals surface area contributed by atoms with Gasteiger partial charge < -0.3 is 25.6 Å². The number of hydrogen-bond acceptors (Lipinski definition) is 4. The van der Waals surface area contributed by atoms with Crippen molar-refractivity contribution in [3.63, 3.8) is 0 Å². The van der Waals surface area contributed by atoms with Gasteiger partial charge in [-0.25, -0.2) is 9.59 Å². The van der Waals surface area contributed by atoms with Crippen molar-refractivity contribution in [3.05, 3.63) is 23.8 Å². The molecule has 1 saturated heterocycles. The molecule has 4 N–H and O–H groups in total. The van der Waals surface area contributed by atoms with Crippen molar-refractivity contribution in [3.8, 4) is 5.75 Å². The number of carbonyl (C=O) groups is 2. The number of phenolic OH excluding ortho intramolecular Hbond substituents is 1. The molecule has 0 radical (unpaired) electrons. The number of benzene rings is 1. The number of amides is 2. The van der Waals surface area contributed by atoms with Crippen LogP contribution in [0, 0.1) is 5.92 Å². The van der Waals surface area contributed by atoms with Crippen LogP contribution in [0.3, 0.4) is 0 Å². The van der Waals surface area contributed by atoms with Gasteiger partial charge in [0.1, 0.15) is 5.75 Å². The second-order valence-corrected chi connectivity index (χ2v) is 4.96. The fourth-order valence-corrected chi connectivity index (χ4v) is 2.14. The van der Waals surface area contributed by atoms with Crippen LogP contribution in [0.2, 0.25) is 0 Å². The standard InChI is InChI=1S/C14H18N2O5/c17-12-6-10(13(18)19)3-4-11(12)16-14(20)15-7-9-2-1-5-21-8-9/h3-4,6,9,17H,1-2,5,7-8H2,(H,18,19)(H2,15,16,20). The zero-order valence-corrected chi connectivity index (χ0v) is 11.5. The molecule has 1 aliphatic heterocycles. The smallest absolute Gasteiger partial charge is 0.335 e. The average Bonchev–Trinajstić information content (AvgIpc) is 2.48. The van der Waals surface area contributed by atoms with E-state index in [-0.39, 0.29) is 17.0 Å². The molecule has 1 unspecified atom stereocenters. The van der Waals surface area contributed by atoms with Crippen LogP contribution in [-0.2, 0) is 4.74 Å². The van der Waals surface area contributed by atoms with E-state index in [4.69, 9.17) is 9.84 Å². The normalized spacial score (nSPS) is 18.0. The topological polar surface area (TPSA) is 108 Å². The highest BCUT2D eigenvalue weighted by Crippen LogP contribution is 2.24. The van der Waals surface area contributed by atoms with Crippen LogP contribution < -0.4 is 10.6 Å². The molecule has 2 amide bonds. The average molecular weight is 294 g/mol. The number of phenols is 1. The lowest BCUT2D eigenvalue weighted by Crippen LogP contribution is -2.35. The SMILES string of the molecule is O=C(NCC1CCCOC1)Nc1ccc(C(=O)O)cc1O. The summed E-state index contributed by atoms with van der Waals surface area (Å²) in [5, 5.41) is 23.7. The maximum atomic E-state index is 11.7. The highest BCUT2D eigenvalue weighted by atomic mass is 16.5. The summed E-state index contributed by atoms with van der Waals surface area (Å²) >= 11 is 0. The molecule has 1 aromatic carbocycles. The quantitative estimate of drug-likeness (QED) is 0.631. The highest BCUT2D eigenvalue weighted by molar-refractivity contribution is 5.93. The summed E-state index contributed by atoms with van der Waals surface area (Å²) in [6.45, 7) is 1.91. The number of aromatic hydroxyl groups is 1. The van der Waals surface area contributed by atoms with Crippen molar-refractivity contribution in [1.29, 1.82) is 0 Å². The maximum Gasteiger partial charge on any atom is 0.335 e. The first kappa shape index (κ1) is 15.1. The van der Waals surface area contributed by atoms with E-state index in [1.54, 1.807) is 0 Å². The number of carboxylic acids is 1. The molecule has 0 aromatic heterocycles. The first-order chi connectivity index (χ1) is 10.1. The number of ether oxygens (including phenoxy) is 1. The minimum atomic E-state index is -1.14. The van der Waals surface area contributed by atoms with E-state index < -0.39 is 12.0 Å². The third kappa shape index (κ3) is 4.35. The van der Waals surface area contributed by atoms with Crippen LogP contribution in [0.1, 0.15) is 23.2 Å². The molecule has 1 atom stereocenters. The molecule has 1 aromatic rings. The molecule has 21 heavy (non-hydrogen) atoms. The van der Waals surface area contributed by atoms with E-state index in [9.17, 15) is 14.7 Å². The Labute approximate surface area is 121 Å². The first-order valence-electron chi connectivity index (χ1n) is 6.75. The van der Waals surface area contributed by atoms with Crippen molar-refractivity contribution in [2.45, 2.75) is 12.8 Å². The molecule has 7 heteroatoms. The molecule has 0 aliphatic carbocycles. The number of anilines is 1. The fourth-order valence-electron chi connectivity index (χ4n) is 2.14. The Bertz CT molecular complexity index is 526. The Balaban J connectivity index is 1.85. The van der Waals surface area contributed by atoms with Crippen LogP contribution in [0.4, 0.5) is 10.5 Å². The van der Waals surface area contributed by atoms with Gasteiger partial charge in [0.2, 0.25) is 0 Å². The summed E-state index contributed by atoms with van der Waals surface area (Å²) in [6, 6.07) is 3.31. The first-order valence-corrected chi connectivity index (χ1v) is 6.75. The zero-order chi connectivity index (χ0) is 15.2. The molecule has 0 bridgehead atoms. The van der Waals surface area contributed by atoms with E-state index >= 15 is 0 Å². The minimum absolute atomic E-state index is 0.0437. The van der Waals surface area contributed by atoms with Gasteiger partial charge in [-0.2, -0.15) is 0 Å². The molecule has 0 saturated carbocycles. The molecule has 1 fully saturated rings. The third-order valence-corrected chi connectivity index (χ3v) is 3.30. The Morgan fingerprint density at radius 2 is 2.19 bits per heavy atom. The number of rotatable bonds is 4. The van der Waals surface area contributed by atoms with E-state index in [1.165, 1.54) is 12.1 Å². The highest BCUT2D eigenvalue weighted by Gasteiger charge is 2.15. The maximum absolute atomic E-state index is 11.7.